The second kappa shape index (κ2) is 7.94. The van der Waals surface area contributed by atoms with Gasteiger partial charge in [0.15, 0.2) is 0 Å². The first kappa shape index (κ1) is 16.5. The van der Waals surface area contributed by atoms with Crippen molar-refractivity contribution in [1.29, 1.82) is 0 Å². The summed E-state index contributed by atoms with van der Waals surface area (Å²) < 4.78 is 2.12. The molecule has 1 aliphatic heterocycles. The molecule has 0 saturated carbocycles. The van der Waals surface area contributed by atoms with Crippen LogP contribution < -0.4 is 10.9 Å². The number of likely N-dealkylation sites (N-methyl/N-ethyl adjacent to an activating group) is 1. The Kier molecular flexibility index (Phi) is 6.23. The van der Waals surface area contributed by atoms with Gasteiger partial charge in [0.1, 0.15) is 4.47 Å². The minimum atomic E-state index is -0.0505. The van der Waals surface area contributed by atoms with Gasteiger partial charge in [0.05, 0.1) is 11.9 Å². The molecule has 1 fully saturated rings. The molecule has 0 bridgehead atoms. The highest BCUT2D eigenvalue weighted by Crippen LogP contribution is 2.19. The van der Waals surface area contributed by atoms with Crippen LogP contribution in [0.25, 0.3) is 0 Å². The van der Waals surface area contributed by atoms with Crippen molar-refractivity contribution >= 4 is 21.6 Å². The molecule has 118 valence electrons. The summed E-state index contributed by atoms with van der Waals surface area (Å²) in [6.45, 7) is 4.80. The second-order valence-electron chi connectivity index (χ2n) is 5.77. The van der Waals surface area contributed by atoms with Crippen LogP contribution in [0, 0.1) is 0 Å². The van der Waals surface area contributed by atoms with E-state index in [0.29, 0.717) is 17.1 Å². The summed E-state index contributed by atoms with van der Waals surface area (Å²) in [5.41, 5.74) is 0.747. The highest BCUT2D eigenvalue weighted by Gasteiger charge is 2.19. The third-order valence-corrected chi connectivity index (χ3v) is 4.92. The van der Waals surface area contributed by atoms with Crippen LogP contribution in [0.2, 0.25) is 0 Å². The average molecular weight is 357 g/mol. The van der Waals surface area contributed by atoms with E-state index in [1.165, 1.54) is 23.9 Å². The molecule has 0 aromatic carbocycles. The van der Waals surface area contributed by atoms with Gasteiger partial charge in [0.2, 0.25) is 0 Å². The maximum atomic E-state index is 12.2. The van der Waals surface area contributed by atoms with E-state index in [4.69, 9.17) is 0 Å². The Balaban J connectivity index is 2.00. The zero-order chi connectivity index (χ0) is 15.2. The van der Waals surface area contributed by atoms with Gasteiger partial charge in [0, 0.05) is 19.1 Å². The molecule has 5 nitrogen and oxygen atoms in total. The van der Waals surface area contributed by atoms with E-state index in [2.05, 4.69) is 45.2 Å². The summed E-state index contributed by atoms with van der Waals surface area (Å²) in [5.74, 6) is 0. The van der Waals surface area contributed by atoms with Crippen LogP contribution in [0.4, 0.5) is 5.69 Å². The summed E-state index contributed by atoms with van der Waals surface area (Å²) in [5, 5.41) is 7.63. The van der Waals surface area contributed by atoms with Crippen LogP contribution in [-0.2, 0) is 6.54 Å². The van der Waals surface area contributed by atoms with Crippen LogP contribution in [0.5, 0.6) is 0 Å². The minimum Gasteiger partial charge on any atom is -0.381 e. The maximum Gasteiger partial charge on any atom is 0.283 e. The van der Waals surface area contributed by atoms with Crippen molar-refractivity contribution < 1.29 is 0 Å². The predicted molar refractivity (Wildman–Crippen MR) is 89.9 cm³/mol. The summed E-state index contributed by atoms with van der Waals surface area (Å²) in [6, 6.07) is 0.535. The van der Waals surface area contributed by atoms with Gasteiger partial charge in [-0.2, -0.15) is 5.10 Å². The Hall–Kier alpha value is -0.880. The van der Waals surface area contributed by atoms with E-state index >= 15 is 0 Å². The summed E-state index contributed by atoms with van der Waals surface area (Å²) in [6.07, 6.45) is 7.56. The molecule has 6 heteroatoms. The number of anilines is 1. The average Bonchev–Trinajstić information content (AvgIpc) is 2.49. The molecule has 2 rings (SSSR count). The molecule has 0 amide bonds. The van der Waals surface area contributed by atoms with Crippen LogP contribution in [-0.4, -0.2) is 40.9 Å². The highest BCUT2D eigenvalue weighted by atomic mass is 79.9. The van der Waals surface area contributed by atoms with E-state index in [1.807, 2.05) is 0 Å². The molecular weight excluding hydrogens is 332 g/mol. The number of aromatic nitrogens is 2. The fourth-order valence-electron chi connectivity index (χ4n) is 2.69. The predicted octanol–water partition coefficient (Wildman–Crippen LogP) is 2.70. The lowest BCUT2D eigenvalue weighted by atomic mass is 10.0. The van der Waals surface area contributed by atoms with Crippen molar-refractivity contribution in [2.24, 2.45) is 0 Å². The molecule has 0 radical (unpaired) electrons. The lowest BCUT2D eigenvalue weighted by Gasteiger charge is -2.32. The first-order valence-electron chi connectivity index (χ1n) is 7.83. The molecule has 1 unspecified atom stereocenters. The number of rotatable bonds is 6. The van der Waals surface area contributed by atoms with Crippen molar-refractivity contribution in [2.45, 2.75) is 51.6 Å². The zero-order valence-electron chi connectivity index (χ0n) is 12.9. The number of nitrogens with zero attached hydrogens (tertiary/aromatic N) is 3. The number of nitrogens with one attached hydrogen (secondary N) is 1. The van der Waals surface area contributed by atoms with Crippen molar-refractivity contribution in [3.05, 3.63) is 21.0 Å². The van der Waals surface area contributed by atoms with Gasteiger partial charge in [0.25, 0.3) is 5.56 Å². The largest absolute Gasteiger partial charge is 0.381 e. The smallest absolute Gasteiger partial charge is 0.283 e. The number of likely N-dealkylation sites (tertiary alicyclic amines) is 1. The van der Waals surface area contributed by atoms with Crippen LogP contribution >= 0.6 is 15.9 Å². The standard InChI is InChI=1S/C15H25BrN4O/c1-3-4-9-20-15(21)14(16)13(11-18-20)17-10-12-7-5-6-8-19(12)2/h11-12,17H,3-10H2,1-2H3. The van der Waals surface area contributed by atoms with Crippen LogP contribution in [0.15, 0.2) is 15.5 Å². The molecule has 1 atom stereocenters. The molecule has 1 aromatic rings. The number of halogens is 1. The fraction of sp³-hybridized carbons (Fsp3) is 0.733. The zero-order valence-corrected chi connectivity index (χ0v) is 14.5. The SMILES string of the molecule is CCCCn1ncc(NCC2CCCCN2C)c(Br)c1=O. The molecule has 2 heterocycles. The van der Waals surface area contributed by atoms with E-state index < -0.39 is 0 Å². The van der Waals surface area contributed by atoms with E-state index in [0.717, 1.165) is 31.6 Å². The van der Waals surface area contributed by atoms with Gasteiger partial charge in [-0.3, -0.25) is 4.79 Å². The lowest BCUT2D eigenvalue weighted by molar-refractivity contribution is 0.194. The normalized spacial score (nSPS) is 19.7. The fourth-order valence-corrected chi connectivity index (χ4v) is 3.13. The lowest BCUT2D eigenvalue weighted by Crippen LogP contribution is -2.41. The van der Waals surface area contributed by atoms with Crippen molar-refractivity contribution in [3.8, 4) is 0 Å². The summed E-state index contributed by atoms with van der Waals surface area (Å²) in [7, 11) is 2.17. The van der Waals surface area contributed by atoms with Crippen LogP contribution in [0.3, 0.4) is 0 Å². The first-order chi connectivity index (χ1) is 10.1. The van der Waals surface area contributed by atoms with Gasteiger partial charge in [-0.05, 0) is 48.8 Å². The molecule has 1 aliphatic rings. The van der Waals surface area contributed by atoms with Crippen molar-refractivity contribution in [3.63, 3.8) is 0 Å². The number of hydrogen-bond acceptors (Lipinski definition) is 4. The molecule has 1 saturated heterocycles. The third-order valence-electron chi connectivity index (χ3n) is 4.16. The topological polar surface area (TPSA) is 50.2 Å². The van der Waals surface area contributed by atoms with Crippen molar-refractivity contribution in [2.75, 3.05) is 25.5 Å². The summed E-state index contributed by atoms with van der Waals surface area (Å²) in [4.78, 5) is 14.6. The Morgan fingerprint density at radius 2 is 2.29 bits per heavy atom. The third kappa shape index (κ3) is 4.30. The number of hydrogen-bond donors (Lipinski definition) is 1. The Morgan fingerprint density at radius 1 is 1.48 bits per heavy atom. The Morgan fingerprint density at radius 3 is 3.00 bits per heavy atom. The summed E-state index contributed by atoms with van der Waals surface area (Å²) >= 11 is 3.41. The van der Waals surface area contributed by atoms with Crippen molar-refractivity contribution in [1.82, 2.24) is 14.7 Å². The first-order valence-corrected chi connectivity index (χ1v) is 8.62. The van der Waals surface area contributed by atoms with Gasteiger partial charge < -0.3 is 10.2 Å². The molecule has 21 heavy (non-hydrogen) atoms. The Labute approximate surface area is 134 Å². The minimum absolute atomic E-state index is 0.0505. The molecule has 1 N–H and O–H groups in total. The second-order valence-corrected chi connectivity index (χ2v) is 6.56. The van der Waals surface area contributed by atoms with E-state index in [-0.39, 0.29) is 5.56 Å². The number of piperidine rings is 1. The Bertz CT molecular complexity index is 517. The molecule has 1 aromatic heterocycles. The van der Waals surface area contributed by atoms with Gasteiger partial charge in [-0.25, -0.2) is 4.68 Å². The molecule has 0 spiro atoms. The van der Waals surface area contributed by atoms with E-state index in [1.54, 1.807) is 6.20 Å². The van der Waals surface area contributed by atoms with E-state index in [9.17, 15) is 4.79 Å². The highest BCUT2D eigenvalue weighted by molar-refractivity contribution is 9.10. The van der Waals surface area contributed by atoms with Gasteiger partial charge in [-0.15, -0.1) is 0 Å². The molecular formula is C15H25BrN4O. The van der Waals surface area contributed by atoms with Gasteiger partial charge in [-0.1, -0.05) is 19.8 Å². The molecule has 0 aliphatic carbocycles. The number of aryl methyl sites for hydroxylation is 1. The maximum absolute atomic E-state index is 12.2. The number of unbranched alkanes of at least 4 members (excludes halogenated alkanes) is 1. The monoisotopic (exact) mass is 356 g/mol. The quantitative estimate of drug-likeness (QED) is 0.851. The van der Waals surface area contributed by atoms with Gasteiger partial charge >= 0.3 is 0 Å². The van der Waals surface area contributed by atoms with Crippen LogP contribution in [0.1, 0.15) is 39.0 Å².